The van der Waals surface area contributed by atoms with Crippen molar-refractivity contribution in [1.29, 1.82) is 0 Å². The molecule has 5 heterocycles. The lowest BCUT2D eigenvalue weighted by Gasteiger charge is -2.35. The van der Waals surface area contributed by atoms with Crippen LogP contribution in [0, 0.1) is 6.92 Å². The Labute approximate surface area is 299 Å². The molecule has 5 aromatic rings. The molecule has 2 atom stereocenters. The molecule has 2 saturated heterocycles. The summed E-state index contributed by atoms with van der Waals surface area (Å²) in [5, 5.41) is 12.9. The molecule has 10 nitrogen and oxygen atoms in total. The van der Waals surface area contributed by atoms with E-state index in [0.29, 0.717) is 44.6 Å². The number of pyridine rings is 2. The van der Waals surface area contributed by atoms with E-state index in [0.717, 1.165) is 78.8 Å². The Kier molecular flexibility index (Phi) is 8.28. The average molecular weight is 711 g/mol. The predicted octanol–water partition coefficient (Wildman–Crippen LogP) is 7.16. The van der Waals surface area contributed by atoms with Gasteiger partial charge in [0, 0.05) is 65.9 Å². The summed E-state index contributed by atoms with van der Waals surface area (Å²) in [5.41, 5.74) is 6.25. The number of halogens is 2. The maximum absolute atomic E-state index is 13.1. The van der Waals surface area contributed by atoms with E-state index in [1.54, 1.807) is 20.4 Å². The highest BCUT2D eigenvalue weighted by Gasteiger charge is 2.45. The largest absolute Gasteiger partial charge is 0.481 e. The number of likely N-dealkylation sites (tertiary alicyclic amines) is 1. The molecule has 2 N–H and O–H groups in total. The fraction of sp³-hybridized carbons (Fsp3) is 0.342. The lowest BCUT2D eigenvalue weighted by molar-refractivity contribution is -0.125. The summed E-state index contributed by atoms with van der Waals surface area (Å²) in [6.45, 7) is 3.65. The van der Waals surface area contributed by atoms with E-state index in [9.17, 15) is 9.59 Å². The van der Waals surface area contributed by atoms with Crippen molar-refractivity contribution in [3.8, 4) is 28.3 Å². The van der Waals surface area contributed by atoms with Crippen LogP contribution in [0.1, 0.15) is 55.0 Å². The first-order valence-electron chi connectivity index (χ1n) is 17.0. The van der Waals surface area contributed by atoms with Gasteiger partial charge in [0.2, 0.25) is 11.8 Å². The number of benzene rings is 2. The van der Waals surface area contributed by atoms with Gasteiger partial charge >= 0.3 is 0 Å². The number of aromatic nitrogens is 4. The lowest BCUT2D eigenvalue weighted by atomic mass is 9.88. The number of amides is 1. The minimum absolute atomic E-state index is 0.125. The summed E-state index contributed by atoms with van der Waals surface area (Å²) in [6.07, 6.45) is 7.09. The molecule has 3 aliphatic rings. The van der Waals surface area contributed by atoms with Crippen molar-refractivity contribution in [3.05, 3.63) is 91.9 Å². The average Bonchev–Trinajstić information content (AvgIpc) is 3.71. The molecule has 0 unspecified atom stereocenters. The van der Waals surface area contributed by atoms with E-state index >= 15 is 0 Å². The summed E-state index contributed by atoms with van der Waals surface area (Å²) in [5.74, 6) is 1.18. The number of carbonyl (C=O) groups excluding carboxylic acids is 1. The molecule has 0 radical (unpaired) electrons. The van der Waals surface area contributed by atoms with Gasteiger partial charge in [-0.3, -0.25) is 14.5 Å². The minimum atomic E-state index is -0.258. The highest BCUT2D eigenvalue weighted by molar-refractivity contribution is 6.39. The molecule has 2 aromatic carbocycles. The van der Waals surface area contributed by atoms with E-state index in [1.165, 1.54) is 10.2 Å². The van der Waals surface area contributed by atoms with E-state index in [-0.39, 0.29) is 23.0 Å². The second-order valence-corrected chi connectivity index (χ2v) is 14.4. The molecule has 256 valence electrons. The van der Waals surface area contributed by atoms with Gasteiger partial charge in [-0.15, -0.1) is 0 Å². The zero-order valence-corrected chi connectivity index (χ0v) is 29.7. The van der Waals surface area contributed by atoms with Crippen LogP contribution in [0.5, 0.6) is 5.88 Å². The number of hydrogen-bond acceptors (Lipinski definition) is 8. The van der Waals surface area contributed by atoms with Gasteiger partial charge in [0.15, 0.2) is 0 Å². The van der Waals surface area contributed by atoms with Gasteiger partial charge in [-0.05, 0) is 62.8 Å². The maximum atomic E-state index is 13.1. The fourth-order valence-corrected chi connectivity index (χ4v) is 8.71. The van der Waals surface area contributed by atoms with E-state index in [4.69, 9.17) is 32.9 Å². The number of rotatable bonds is 6. The fourth-order valence-electron chi connectivity index (χ4n) is 8.11. The third kappa shape index (κ3) is 5.59. The SMILES string of the molecule is COc1nc(-c2cccc(-c3cccc(Nc4nc(C)cc5cnn(C)c(=O)c45)c3Cl)c2Cl)cc2c1[C@@H](N1CC[C@]3(CCCC(=O)N3)C1)CC2. The number of anilines is 2. The van der Waals surface area contributed by atoms with E-state index < -0.39 is 0 Å². The van der Waals surface area contributed by atoms with Gasteiger partial charge in [0.05, 0.1) is 45.7 Å². The molecule has 50 heavy (non-hydrogen) atoms. The zero-order chi connectivity index (χ0) is 34.7. The van der Waals surface area contributed by atoms with Crippen LogP contribution in [0.15, 0.2) is 59.5 Å². The number of fused-ring (bicyclic) bond motifs is 2. The topological polar surface area (TPSA) is 114 Å². The van der Waals surface area contributed by atoms with E-state index in [1.807, 2.05) is 49.4 Å². The van der Waals surface area contributed by atoms with Crippen LogP contribution < -0.4 is 20.9 Å². The maximum Gasteiger partial charge on any atom is 0.278 e. The van der Waals surface area contributed by atoms with Gasteiger partial charge in [-0.1, -0.05) is 53.5 Å². The van der Waals surface area contributed by atoms with Crippen molar-refractivity contribution in [1.82, 2.24) is 30.0 Å². The molecule has 1 amide bonds. The Morgan fingerprint density at radius 2 is 1.78 bits per heavy atom. The number of carbonyl (C=O) groups is 1. The molecule has 1 aliphatic carbocycles. The van der Waals surface area contributed by atoms with Crippen molar-refractivity contribution in [2.45, 2.75) is 57.0 Å². The van der Waals surface area contributed by atoms with Gasteiger partial charge in [-0.25, -0.2) is 14.6 Å². The number of methoxy groups -OCH3 is 1. The van der Waals surface area contributed by atoms with E-state index in [2.05, 4.69) is 31.7 Å². The Morgan fingerprint density at radius 3 is 2.58 bits per heavy atom. The Bertz CT molecular complexity index is 2260. The van der Waals surface area contributed by atoms with Gasteiger partial charge in [0.1, 0.15) is 5.82 Å². The summed E-state index contributed by atoms with van der Waals surface area (Å²) in [4.78, 5) is 37.5. The first-order valence-corrected chi connectivity index (χ1v) is 17.7. The quantitative estimate of drug-likeness (QED) is 0.191. The van der Waals surface area contributed by atoms with Crippen LogP contribution in [0.25, 0.3) is 33.2 Å². The first-order chi connectivity index (χ1) is 24.1. The van der Waals surface area contributed by atoms with Crippen LogP contribution in [0.4, 0.5) is 11.5 Å². The molecule has 3 aromatic heterocycles. The van der Waals surface area contributed by atoms with Crippen LogP contribution >= 0.6 is 23.2 Å². The highest BCUT2D eigenvalue weighted by atomic mass is 35.5. The molecule has 2 aliphatic heterocycles. The number of hydrogen-bond donors (Lipinski definition) is 2. The van der Waals surface area contributed by atoms with Crippen molar-refractivity contribution in [2.75, 3.05) is 25.5 Å². The molecule has 1 spiro atoms. The molecule has 0 saturated carbocycles. The Morgan fingerprint density at radius 1 is 1.00 bits per heavy atom. The Balaban J connectivity index is 1.12. The molecule has 2 fully saturated rings. The third-order valence-electron chi connectivity index (χ3n) is 10.5. The summed E-state index contributed by atoms with van der Waals surface area (Å²) in [6, 6.07) is 15.7. The van der Waals surface area contributed by atoms with Gasteiger partial charge < -0.3 is 15.4 Å². The van der Waals surface area contributed by atoms with Crippen molar-refractivity contribution in [2.24, 2.45) is 7.05 Å². The third-order valence-corrected chi connectivity index (χ3v) is 11.3. The smallest absolute Gasteiger partial charge is 0.278 e. The second kappa shape index (κ2) is 12.7. The molecular formula is C38H37Cl2N7O3. The van der Waals surface area contributed by atoms with Crippen LogP contribution in [0.2, 0.25) is 10.0 Å². The van der Waals surface area contributed by atoms with Crippen molar-refractivity contribution >= 4 is 51.4 Å². The summed E-state index contributed by atoms with van der Waals surface area (Å²) >= 11 is 14.3. The monoisotopic (exact) mass is 709 g/mol. The number of nitrogens with zero attached hydrogens (tertiary/aromatic N) is 5. The van der Waals surface area contributed by atoms with Crippen LogP contribution in [0.3, 0.4) is 0 Å². The number of ether oxygens (including phenoxy) is 1. The van der Waals surface area contributed by atoms with Gasteiger partial charge in [0.25, 0.3) is 5.56 Å². The lowest BCUT2D eigenvalue weighted by Crippen LogP contribution is -2.53. The van der Waals surface area contributed by atoms with Crippen molar-refractivity contribution in [3.63, 3.8) is 0 Å². The number of aryl methyl sites for hydroxylation is 3. The summed E-state index contributed by atoms with van der Waals surface area (Å²) < 4.78 is 7.24. The van der Waals surface area contributed by atoms with Crippen LogP contribution in [-0.4, -0.2) is 56.3 Å². The number of piperidine rings is 1. The summed E-state index contributed by atoms with van der Waals surface area (Å²) in [7, 11) is 3.28. The minimum Gasteiger partial charge on any atom is -0.481 e. The van der Waals surface area contributed by atoms with Gasteiger partial charge in [-0.2, -0.15) is 5.10 Å². The normalized spacial score (nSPS) is 20.3. The van der Waals surface area contributed by atoms with Crippen molar-refractivity contribution < 1.29 is 9.53 Å². The number of nitrogens with one attached hydrogen (secondary N) is 2. The zero-order valence-electron chi connectivity index (χ0n) is 28.1. The molecule has 0 bridgehead atoms. The highest BCUT2D eigenvalue weighted by Crippen LogP contribution is 2.47. The Hall–Kier alpha value is -4.51. The first kappa shape index (κ1) is 32.7. The molecule has 12 heteroatoms. The predicted molar refractivity (Wildman–Crippen MR) is 196 cm³/mol. The second-order valence-electron chi connectivity index (χ2n) is 13.7. The standard InChI is InChI=1S/C38H37Cl2N7O3/c1-21-17-23-19-41-46(2)37(49)32(23)35(42-21)43-27-10-5-8-25(34(27)40)24-7-4-9-26(33(24)39)28-18-22-12-13-29(31(22)36(44-28)50-3)47-16-15-38(20-47)14-6-11-30(48)45-38/h4-5,7-10,17-19,29H,6,11-16,20H2,1-3H3,(H,42,43)(H,45,48)/t29-,38+/m0/s1. The van der Waals surface area contributed by atoms with Crippen LogP contribution in [-0.2, 0) is 18.3 Å². The molecular weight excluding hydrogens is 673 g/mol. The molecule has 8 rings (SSSR count).